The first-order valence-electron chi connectivity index (χ1n) is 5.96. The Hall–Kier alpha value is -0.840. The van der Waals surface area contributed by atoms with E-state index in [0.29, 0.717) is 11.9 Å². The summed E-state index contributed by atoms with van der Waals surface area (Å²) in [7, 11) is 1.62. The average Bonchev–Trinajstić information content (AvgIpc) is 2.39. The van der Waals surface area contributed by atoms with E-state index in [4.69, 9.17) is 4.74 Å². The standard InChI is InChI=1S/C12H20BrN3O/c1-4-10(5-2)16(9-7-13)12-14-8-6-11(15-12)17-3/h6,8,10H,4-5,7,9H2,1-3H3. The van der Waals surface area contributed by atoms with Crippen molar-refractivity contribution < 1.29 is 4.74 Å². The topological polar surface area (TPSA) is 38.2 Å². The van der Waals surface area contributed by atoms with Crippen LogP contribution in [0, 0.1) is 0 Å². The number of hydrogen-bond donors (Lipinski definition) is 0. The number of ether oxygens (including phenoxy) is 1. The van der Waals surface area contributed by atoms with Gasteiger partial charge in [-0.15, -0.1) is 0 Å². The highest BCUT2D eigenvalue weighted by Gasteiger charge is 2.17. The van der Waals surface area contributed by atoms with Gasteiger partial charge in [-0.25, -0.2) is 4.98 Å². The fourth-order valence-electron chi connectivity index (χ4n) is 1.85. The molecule has 0 aliphatic heterocycles. The van der Waals surface area contributed by atoms with Crippen molar-refractivity contribution in [3.8, 4) is 5.88 Å². The fourth-order valence-corrected chi connectivity index (χ4v) is 2.23. The quantitative estimate of drug-likeness (QED) is 0.726. The van der Waals surface area contributed by atoms with Crippen molar-refractivity contribution in [1.82, 2.24) is 9.97 Å². The van der Waals surface area contributed by atoms with Crippen molar-refractivity contribution in [1.29, 1.82) is 0 Å². The van der Waals surface area contributed by atoms with Crippen molar-refractivity contribution in [2.24, 2.45) is 0 Å². The van der Waals surface area contributed by atoms with Crippen LogP contribution < -0.4 is 9.64 Å². The lowest BCUT2D eigenvalue weighted by molar-refractivity contribution is 0.395. The monoisotopic (exact) mass is 301 g/mol. The van der Waals surface area contributed by atoms with Gasteiger partial charge in [-0.2, -0.15) is 4.98 Å². The summed E-state index contributed by atoms with van der Waals surface area (Å²) in [5.41, 5.74) is 0. The molecule has 0 fully saturated rings. The number of nitrogens with zero attached hydrogens (tertiary/aromatic N) is 3. The van der Waals surface area contributed by atoms with Crippen LogP contribution in [0.3, 0.4) is 0 Å². The number of anilines is 1. The SMILES string of the molecule is CCC(CC)N(CCBr)c1nccc(OC)n1. The molecule has 0 amide bonds. The summed E-state index contributed by atoms with van der Waals surface area (Å²) in [6.45, 7) is 5.28. The van der Waals surface area contributed by atoms with Crippen molar-refractivity contribution in [2.75, 3.05) is 23.9 Å². The number of alkyl halides is 1. The van der Waals surface area contributed by atoms with Gasteiger partial charge < -0.3 is 9.64 Å². The van der Waals surface area contributed by atoms with Gasteiger partial charge in [0.2, 0.25) is 11.8 Å². The number of halogens is 1. The largest absolute Gasteiger partial charge is 0.481 e. The van der Waals surface area contributed by atoms with Crippen LogP contribution in [-0.4, -0.2) is 35.0 Å². The maximum Gasteiger partial charge on any atom is 0.228 e. The van der Waals surface area contributed by atoms with E-state index < -0.39 is 0 Å². The zero-order chi connectivity index (χ0) is 12.7. The molecule has 0 spiro atoms. The molecule has 0 bridgehead atoms. The summed E-state index contributed by atoms with van der Waals surface area (Å²) in [4.78, 5) is 11.0. The molecule has 5 heteroatoms. The molecule has 0 radical (unpaired) electrons. The minimum atomic E-state index is 0.472. The Morgan fingerprint density at radius 3 is 2.65 bits per heavy atom. The molecule has 1 aromatic heterocycles. The lowest BCUT2D eigenvalue weighted by Gasteiger charge is -2.30. The van der Waals surface area contributed by atoms with Crippen LogP contribution in [0.25, 0.3) is 0 Å². The van der Waals surface area contributed by atoms with Crippen LogP contribution in [0.2, 0.25) is 0 Å². The lowest BCUT2D eigenvalue weighted by atomic mass is 10.1. The predicted molar refractivity (Wildman–Crippen MR) is 74.1 cm³/mol. The molecular weight excluding hydrogens is 282 g/mol. The molecule has 0 saturated heterocycles. The first-order chi connectivity index (χ1) is 8.26. The second-order valence-electron chi connectivity index (χ2n) is 3.75. The Morgan fingerprint density at radius 1 is 1.41 bits per heavy atom. The van der Waals surface area contributed by atoms with Crippen LogP contribution in [0.4, 0.5) is 5.95 Å². The minimum Gasteiger partial charge on any atom is -0.481 e. The Balaban J connectivity index is 2.94. The highest BCUT2D eigenvalue weighted by atomic mass is 79.9. The Kier molecular flexibility index (Phi) is 6.26. The van der Waals surface area contributed by atoms with Gasteiger partial charge in [0.15, 0.2) is 0 Å². The van der Waals surface area contributed by atoms with E-state index >= 15 is 0 Å². The van der Waals surface area contributed by atoms with Crippen molar-refractivity contribution in [2.45, 2.75) is 32.7 Å². The smallest absolute Gasteiger partial charge is 0.228 e. The molecule has 0 aromatic carbocycles. The highest BCUT2D eigenvalue weighted by Crippen LogP contribution is 2.18. The van der Waals surface area contributed by atoms with Crippen LogP contribution in [0.15, 0.2) is 12.3 Å². The van der Waals surface area contributed by atoms with E-state index in [0.717, 1.165) is 30.7 Å². The molecule has 1 aromatic rings. The van der Waals surface area contributed by atoms with Gasteiger partial charge in [0.05, 0.1) is 7.11 Å². The molecule has 17 heavy (non-hydrogen) atoms. The summed E-state index contributed by atoms with van der Waals surface area (Å²) in [5, 5.41) is 0.907. The van der Waals surface area contributed by atoms with Crippen LogP contribution >= 0.6 is 15.9 Å². The molecular formula is C12H20BrN3O. The zero-order valence-electron chi connectivity index (χ0n) is 10.7. The predicted octanol–water partition coefficient (Wildman–Crippen LogP) is 2.88. The van der Waals surface area contributed by atoms with Crippen molar-refractivity contribution in [3.05, 3.63) is 12.3 Å². The average molecular weight is 302 g/mol. The van der Waals surface area contributed by atoms with Crippen LogP contribution in [0.5, 0.6) is 5.88 Å². The van der Waals surface area contributed by atoms with E-state index in [1.165, 1.54) is 0 Å². The maximum absolute atomic E-state index is 5.14. The third-order valence-electron chi connectivity index (χ3n) is 2.79. The molecule has 0 unspecified atom stereocenters. The summed E-state index contributed by atoms with van der Waals surface area (Å²) in [6.07, 6.45) is 3.92. The number of hydrogen-bond acceptors (Lipinski definition) is 4. The van der Waals surface area contributed by atoms with E-state index in [-0.39, 0.29) is 0 Å². The number of rotatable bonds is 7. The maximum atomic E-state index is 5.14. The Bertz CT molecular complexity index is 331. The van der Waals surface area contributed by atoms with Gasteiger partial charge in [-0.1, -0.05) is 29.8 Å². The highest BCUT2D eigenvalue weighted by molar-refractivity contribution is 9.09. The first-order valence-corrected chi connectivity index (χ1v) is 7.08. The van der Waals surface area contributed by atoms with Crippen molar-refractivity contribution >= 4 is 21.9 Å². The van der Waals surface area contributed by atoms with Crippen molar-refractivity contribution in [3.63, 3.8) is 0 Å². The molecule has 4 nitrogen and oxygen atoms in total. The van der Waals surface area contributed by atoms with Gasteiger partial charge in [0, 0.05) is 30.2 Å². The Labute approximate surface area is 112 Å². The summed E-state index contributed by atoms with van der Waals surface area (Å²) < 4.78 is 5.14. The molecule has 0 aliphatic rings. The molecule has 0 N–H and O–H groups in total. The molecule has 1 heterocycles. The molecule has 0 aliphatic carbocycles. The van der Waals surface area contributed by atoms with E-state index in [1.807, 2.05) is 0 Å². The summed E-state index contributed by atoms with van der Waals surface area (Å²) >= 11 is 3.48. The van der Waals surface area contributed by atoms with E-state index in [2.05, 4.69) is 44.6 Å². The molecule has 0 saturated carbocycles. The molecule has 96 valence electrons. The van der Waals surface area contributed by atoms with Crippen LogP contribution in [-0.2, 0) is 0 Å². The van der Waals surface area contributed by atoms with E-state index in [1.54, 1.807) is 19.4 Å². The third kappa shape index (κ3) is 3.84. The second-order valence-corrected chi connectivity index (χ2v) is 4.54. The Morgan fingerprint density at radius 2 is 2.12 bits per heavy atom. The fraction of sp³-hybridized carbons (Fsp3) is 0.667. The lowest BCUT2D eigenvalue weighted by Crippen LogP contribution is -2.37. The molecule has 1 rings (SSSR count). The van der Waals surface area contributed by atoms with Gasteiger partial charge in [-0.05, 0) is 12.8 Å². The van der Waals surface area contributed by atoms with Crippen LogP contribution in [0.1, 0.15) is 26.7 Å². The van der Waals surface area contributed by atoms with Gasteiger partial charge in [0.1, 0.15) is 0 Å². The van der Waals surface area contributed by atoms with Gasteiger partial charge in [-0.3, -0.25) is 0 Å². The minimum absolute atomic E-state index is 0.472. The normalized spacial score (nSPS) is 10.6. The third-order valence-corrected chi connectivity index (χ3v) is 3.15. The molecule has 0 atom stereocenters. The van der Waals surface area contributed by atoms with Gasteiger partial charge in [0.25, 0.3) is 0 Å². The second kappa shape index (κ2) is 7.48. The number of aromatic nitrogens is 2. The summed E-state index contributed by atoms with van der Waals surface area (Å²) in [5.74, 6) is 1.36. The van der Waals surface area contributed by atoms with Gasteiger partial charge >= 0.3 is 0 Å². The number of methoxy groups -OCH3 is 1. The summed E-state index contributed by atoms with van der Waals surface area (Å²) in [6, 6.07) is 2.24. The van der Waals surface area contributed by atoms with E-state index in [9.17, 15) is 0 Å². The zero-order valence-corrected chi connectivity index (χ0v) is 12.3. The first kappa shape index (κ1) is 14.2.